The third-order valence-corrected chi connectivity index (χ3v) is 3.81. The van der Waals surface area contributed by atoms with Crippen LogP contribution < -0.4 is 10.1 Å². The SMILES string of the molecule is N#CCCCOc1cccc(CNCc2ccnc(-n3cccn3)c2)c1. The van der Waals surface area contributed by atoms with E-state index in [0.29, 0.717) is 13.0 Å². The van der Waals surface area contributed by atoms with E-state index in [9.17, 15) is 0 Å². The van der Waals surface area contributed by atoms with Gasteiger partial charge in [0.1, 0.15) is 5.75 Å². The van der Waals surface area contributed by atoms with E-state index < -0.39 is 0 Å². The molecule has 0 atom stereocenters. The molecule has 0 aliphatic rings. The van der Waals surface area contributed by atoms with Crippen LogP contribution in [0.2, 0.25) is 0 Å². The first-order valence-electron chi connectivity index (χ1n) is 8.59. The molecule has 0 bridgehead atoms. The number of nitrogens with zero attached hydrogens (tertiary/aromatic N) is 4. The first-order chi connectivity index (χ1) is 12.8. The molecule has 0 fully saturated rings. The summed E-state index contributed by atoms with van der Waals surface area (Å²) in [6.07, 6.45) is 6.68. The molecule has 26 heavy (non-hydrogen) atoms. The minimum atomic E-state index is 0.522. The Morgan fingerprint density at radius 3 is 2.77 bits per heavy atom. The molecule has 0 aliphatic heterocycles. The molecule has 0 amide bonds. The highest BCUT2D eigenvalue weighted by atomic mass is 16.5. The maximum Gasteiger partial charge on any atom is 0.153 e. The average molecular weight is 347 g/mol. The summed E-state index contributed by atoms with van der Waals surface area (Å²) < 4.78 is 7.42. The fraction of sp³-hybridized carbons (Fsp3) is 0.250. The second-order valence-electron chi connectivity index (χ2n) is 5.83. The van der Waals surface area contributed by atoms with Crippen LogP contribution in [0.25, 0.3) is 5.82 Å². The van der Waals surface area contributed by atoms with Crippen molar-refractivity contribution in [3.8, 4) is 17.6 Å². The minimum absolute atomic E-state index is 0.522. The van der Waals surface area contributed by atoms with E-state index in [1.165, 1.54) is 0 Å². The summed E-state index contributed by atoms with van der Waals surface area (Å²) in [4.78, 5) is 4.34. The topological polar surface area (TPSA) is 75.8 Å². The number of nitriles is 1. The Morgan fingerprint density at radius 2 is 1.96 bits per heavy atom. The summed E-state index contributed by atoms with van der Waals surface area (Å²) in [6, 6.07) is 16.0. The molecule has 1 N–H and O–H groups in total. The zero-order valence-electron chi connectivity index (χ0n) is 14.5. The Morgan fingerprint density at radius 1 is 1.08 bits per heavy atom. The summed E-state index contributed by atoms with van der Waals surface area (Å²) in [5, 5.41) is 16.2. The average Bonchev–Trinajstić information content (AvgIpc) is 3.21. The molecular weight excluding hydrogens is 326 g/mol. The van der Waals surface area contributed by atoms with Crippen LogP contribution in [0.3, 0.4) is 0 Å². The fourth-order valence-corrected chi connectivity index (χ4v) is 2.54. The normalized spacial score (nSPS) is 10.4. The van der Waals surface area contributed by atoms with Crippen LogP contribution in [0.5, 0.6) is 5.75 Å². The molecule has 1 aromatic carbocycles. The number of ether oxygens (including phenoxy) is 1. The van der Waals surface area contributed by atoms with Crippen molar-refractivity contribution in [3.63, 3.8) is 0 Å². The number of unbranched alkanes of at least 4 members (excludes halogenated alkanes) is 1. The van der Waals surface area contributed by atoms with Crippen LogP contribution in [0.15, 0.2) is 61.1 Å². The summed E-state index contributed by atoms with van der Waals surface area (Å²) >= 11 is 0. The van der Waals surface area contributed by atoms with Crippen molar-refractivity contribution in [3.05, 3.63) is 72.2 Å². The van der Waals surface area contributed by atoms with Gasteiger partial charge < -0.3 is 10.1 Å². The van der Waals surface area contributed by atoms with Crippen molar-refractivity contribution < 1.29 is 4.74 Å². The second kappa shape index (κ2) is 9.35. The van der Waals surface area contributed by atoms with Crippen LogP contribution in [0.4, 0.5) is 0 Å². The molecule has 0 unspecified atom stereocenters. The van der Waals surface area contributed by atoms with Crippen molar-refractivity contribution in [1.29, 1.82) is 5.26 Å². The highest BCUT2D eigenvalue weighted by Gasteiger charge is 2.01. The fourth-order valence-electron chi connectivity index (χ4n) is 2.54. The van der Waals surface area contributed by atoms with Gasteiger partial charge in [-0.3, -0.25) is 0 Å². The van der Waals surface area contributed by atoms with Gasteiger partial charge in [0.05, 0.1) is 12.7 Å². The molecule has 3 rings (SSSR count). The Kier molecular flexibility index (Phi) is 6.35. The lowest BCUT2D eigenvalue weighted by atomic mass is 10.2. The van der Waals surface area contributed by atoms with Crippen LogP contribution in [-0.2, 0) is 13.1 Å². The Balaban J connectivity index is 1.50. The Labute approximate surface area is 153 Å². The third-order valence-electron chi connectivity index (χ3n) is 3.81. The second-order valence-corrected chi connectivity index (χ2v) is 5.83. The van der Waals surface area contributed by atoms with Gasteiger partial charge in [0.2, 0.25) is 0 Å². The van der Waals surface area contributed by atoms with Crippen molar-refractivity contribution >= 4 is 0 Å². The van der Waals surface area contributed by atoms with E-state index in [0.717, 1.165) is 42.2 Å². The number of aromatic nitrogens is 3. The van der Waals surface area contributed by atoms with E-state index in [2.05, 4.69) is 27.5 Å². The van der Waals surface area contributed by atoms with Gasteiger partial charge in [0.15, 0.2) is 5.82 Å². The molecule has 6 nitrogen and oxygen atoms in total. The monoisotopic (exact) mass is 347 g/mol. The van der Waals surface area contributed by atoms with E-state index in [4.69, 9.17) is 10.00 Å². The van der Waals surface area contributed by atoms with Crippen LogP contribution in [0, 0.1) is 11.3 Å². The summed E-state index contributed by atoms with van der Waals surface area (Å²) in [7, 11) is 0. The lowest BCUT2D eigenvalue weighted by Gasteiger charge is -2.09. The van der Waals surface area contributed by atoms with E-state index >= 15 is 0 Å². The van der Waals surface area contributed by atoms with E-state index in [1.54, 1.807) is 17.1 Å². The summed E-state index contributed by atoms with van der Waals surface area (Å²) in [5.74, 6) is 1.65. The zero-order chi connectivity index (χ0) is 18.0. The summed E-state index contributed by atoms with van der Waals surface area (Å²) in [5.41, 5.74) is 2.30. The molecule has 0 spiro atoms. The maximum atomic E-state index is 8.55. The molecule has 0 saturated heterocycles. The number of benzene rings is 1. The molecule has 0 aliphatic carbocycles. The van der Waals surface area contributed by atoms with E-state index in [1.807, 2.05) is 42.6 Å². The van der Waals surface area contributed by atoms with Gasteiger partial charge in [0, 0.05) is 38.1 Å². The predicted octanol–water partition coefficient (Wildman–Crippen LogP) is 3.24. The summed E-state index contributed by atoms with van der Waals surface area (Å²) in [6.45, 7) is 2.05. The zero-order valence-corrected chi connectivity index (χ0v) is 14.5. The molecule has 0 saturated carbocycles. The number of nitrogens with one attached hydrogen (secondary N) is 1. The highest BCUT2D eigenvalue weighted by molar-refractivity contribution is 5.29. The Hall–Kier alpha value is -3.17. The first-order valence-corrected chi connectivity index (χ1v) is 8.59. The third kappa shape index (κ3) is 5.16. The molecular formula is C20H21N5O. The van der Waals surface area contributed by atoms with Crippen LogP contribution in [0.1, 0.15) is 24.0 Å². The van der Waals surface area contributed by atoms with Crippen molar-refractivity contribution in [2.45, 2.75) is 25.9 Å². The smallest absolute Gasteiger partial charge is 0.153 e. The lowest BCUT2D eigenvalue weighted by Crippen LogP contribution is -2.13. The quantitative estimate of drug-likeness (QED) is 0.601. The van der Waals surface area contributed by atoms with Crippen LogP contribution in [-0.4, -0.2) is 21.4 Å². The maximum absolute atomic E-state index is 8.55. The molecule has 2 aromatic heterocycles. The molecule has 0 radical (unpaired) electrons. The van der Waals surface area contributed by atoms with Gasteiger partial charge in [-0.1, -0.05) is 12.1 Å². The molecule has 3 aromatic rings. The van der Waals surface area contributed by atoms with Gasteiger partial charge in [-0.05, 0) is 47.9 Å². The van der Waals surface area contributed by atoms with Crippen molar-refractivity contribution in [2.24, 2.45) is 0 Å². The molecule has 2 heterocycles. The predicted molar refractivity (Wildman–Crippen MR) is 98.7 cm³/mol. The Bertz CT molecular complexity index is 855. The number of pyridine rings is 1. The number of hydrogen-bond acceptors (Lipinski definition) is 5. The minimum Gasteiger partial charge on any atom is -0.494 e. The molecule has 6 heteroatoms. The van der Waals surface area contributed by atoms with Gasteiger partial charge >= 0.3 is 0 Å². The lowest BCUT2D eigenvalue weighted by molar-refractivity contribution is 0.312. The van der Waals surface area contributed by atoms with Gasteiger partial charge in [0.25, 0.3) is 0 Å². The van der Waals surface area contributed by atoms with Gasteiger partial charge in [-0.2, -0.15) is 10.4 Å². The standard InChI is InChI=1S/C20H21N5O/c21-8-1-2-12-26-19-6-3-5-17(13-19)15-22-16-18-7-10-23-20(14-18)25-11-4-9-24-25/h3-7,9-11,13-14,22H,1-2,12,15-16H2. The van der Waals surface area contributed by atoms with Gasteiger partial charge in [-0.25, -0.2) is 9.67 Å². The largest absolute Gasteiger partial charge is 0.494 e. The van der Waals surface area contributed by atoms with E-state index in [-0.39, 0.29) is 0 Å². The highest BCUT2D eigenvalue weighted by Crippen LogP contribution is 2.14. The van der Waals surface area contributed by atoms with Gasteiger partial charge in [-0.15, -0.1) is 0 Å². The van der Waals surface area contributed by atoms with Crippen LogP contribution >= 0.6 is 0 Å². The number of hydrogen-bond donors (Lipinski definition) is 1. The molecule has 132 valence electrons. The van der Waals surface area contributed by atoms with Crippen molar-refractivity contribution in [2.75, 3.05) is 6.61 Å². The first kappa shape index (κ1) is 17.6. The number of rotatable bonds is 9. The van der Waals surface area contributed by atoms with Crippen molar-refractivity contribution in [1.82, 2.24) is 20.1 Å².